The van der Waals surface area contributed by atoms with Crippen LogP contribution in [0.1, 0.15) is 17.3 Å². The summed E-state index contributed by atoms with van der Waals surface area (Å²) in [5.41, 5.74) is 0.751. The Hall–Kier alpha value is -3.39. The quantitative estimate of drug-likeness (QED) is 0.648. The molecule has 31 heavy (non-hydrogen) atoms. The molecule has 7 nitrogen and oxygen atoms in total. The summed E-state index contributed by atoms with van der Waals surface area (Å²) in [5, 5.41) is 9.74. The van der Waals surface area contributed by atoms with Gasteiger partial charge < -0.3 is 24.2 Å². The fourth-order valence-electron chi connectivity index (χ4n) is 3.81. The predicted molar refractivity (Wildman–Crippen MR) is 117 cm³/mol. The maximum atomic E-state index is 15.1. The first-order valence-corrected chi connectivity index (χ1v) is 10.2. The molecule has 0 amide bonds. The van der Waals surface area contributed by atoms with Crippen molar-refractivity contribution in [2.75, 3.05) is 44.7 Å². The highest BCUT2D eigenvalue weighted by atomic mass is 19.1. The third kappa shape index (κ3) is 3.98. The molecule has 0 bridgehead atoms. The SMILES string of the molecule is CCOC(=O)c1cn(-c2ccc(O)cc2)c2cc(N3CCN(C)CC3)c(F)cc2c1=O. The maximum Gasteiger partial charge on any atom is 0.343 e. The number of benzene rings is 2. The fraction of sp³-hybridized carbons (Fsp3) is 0.304. The van der Waals surface area contributed by atoms with E-state index in [1.54, 1.807) is 29.7 Å². The van der Waals surface area contributed by atoms with Crippen LogP contribution in [0.5, 0.6) is 5.75 Å². The second kappa shape index (κ2) is 8.39. The smallest absolute Gasteiger partial charge is 0.343 e. The number of phenols is 1. The maximum absolute atomic E-state index is 15.1. The van der Waals surface area contributed by atoms with E-state index in [4.69, 9.17) is 4.74 Å². The summed E-state index contributed by atoms with van der Waals surface area (Å²) in [6.07, 6.45) is 1.42. The molecule has 1 N–H and O–H groups in total. The zero-order valence-corrected chi connectivity index (χ0v) is 17.5. The highest BCUT2D eigenvalue weighted by molar-refractivity contribution is 5.95. The van der Waals surface area contributed by atoms with Crippen molar-refractivity contribution in [2.45, 2.75) is 6.92 Å². The molecule has 3 aromatic rings. The molecule has 0 atom stereocenters. The molecule has 1 aliphatic rings. The summed E-state index contributed by atoms with van der Waals surface area (Å²) in [4.78, 5) is 29.6. The molecule has 0 aliphatic carbocycles. The number of hydrogen-bond donors (Lipinski definition) is 1. The Balaban J connectivity index is 1.95. The first-order chi connectivity index (χ1) is 14.9. The van der Waals surface area contributed by atoms with E-state index in [-0.39, 0.29) is 23.3 Å². The number of carbonyl (C=O) groups is 1. The standard InChI is InChI=1S/C23H24FN3O4/c1-3-31-23(30)18-14-27(15-4-6-16(28)7-5-15)20-13-21(19(24)12-17(20)22(18)29)26-10-8-25(2)9-11-26/h4-7,12-14,28H,3,8-11H2,1-2H3. The molecule has 0 unspecified atom stereocenters. The van der Waals surface area contributed by atoms with Crippen LogP contribution in [0, 0.1) is 5.82 Å². The molecule has 4 rings (SSSR count). The van der Waals surface area contributed by atoms with Gasteiger partial charge >= 0.3 is 5.97 Å². The molecule has 2 aromatic carbocycles. The van der Waals surface area contributed by atoms with E-state index in [1.165, 1.54) is 24.4 Å². The van der Waals surface area contributed by atoms with Crippen LogP contribution < -0.4 is 10.3 Å². The summed E-state index contributed by atoms with van der Waals surface area (Å²) in [6, 6.07) is 9.19. The summed E-state index contributed by atoms with van der Waals surface area (Å²) in [5.74, 6) is -1.18. The van der Waals surface area contributed by atoms with Gasteiger partial charge in [0.25, 0.3) is 0 Å². The van der Waals surface area contributed by atoms with Crippen molar-refractivity contribution in [3.8, 4) is 11.4 Å². The van der Waals surface area contributed by atoms with Crippen molar-refractivity contribution in [3.05, 3.63) is 64.2 Å². The largest absolute Gasteiger partial charge is 0.508 e. The summed E-state index contributed by atoms with van der Waals surface area (Å²) >= 11 is 0. The number of rotatable bonds is 4. The minimum atomic E-state index is -0.759. The fourth-order valence-corrected chi connectivity index (χ4v) is 3.81. The Kier molecular flexibility index (Phi) is 5.65. The second-order valence-electron chi connectivity index (χ2n) is 7.59. The van der Waals surface area contributed by atoms with E-state index in [1.807, 2.05) is 11.9 Å². The van der Waals surface area contributed by atoms with Crippen LogP contribution in [0.4, 0.5) is 10.1 Å². The van der Waals surface area contributed by atoms with Crippen molar-refractivity contribution in [1.29, 1.82) is 0 Å². The number of piperazine rings is 1. The number of halogens is 1. The number of aromatic nitrogens is 1. The molecule has 0 radical (unpaired) electrons. The average Bonchev–Trinajstić information content (AvgIpc) is 2.76. The van der Waals surface area contributed by atoms with Crippen LogP contribution in [0.25, 0.3) is 16.6 Å². The Morgan fingerprint density at radius 1 is 1.13 bits per heavy atom. The number of likely N-dealkylation sites (N-methyl/N-ethyl adjacent to an activating group) is 1. The van der Waals surface area contributed by atoms with Gasteiger partial charge in [-0.25, -0.2) is 9.18 Å². The van der Waals surface area contributed by atoms with Crippen molar-refractivity contribution in [2.24, 2.45) is 0 Å². The van der Waals surface area contributed by atoms with E-state index in [2.05, 4.69) is 4.90 Å². The Morgan fingerprint density at radius 3 is 2.45 bits per heavy atom. The number of esters is 1. The number of anilines is 1. The summed E-state index contributed by atoms with van der Waals surface area (Å²) in [6.45, 7) is 4.73. The Labute approximate surface area is 178 Å². The lowest BCUT2D eigenvalue weighted by molar-refractivity contribution is 0.0524. The molecule has 1 saturated heterocycles. The number of phenolic OH excluding ortho intramolecular Hbond substituents is 1. The molecule has 0 spiro atoms. The minimum Gasteiger partial charge on any atom is -0.508 e. The minimum absolute atomic E-state index is 0.0869. The highest BCUT2D eigenvalue weighted by Gasteiger charge is 2.22. The normalized spacial score (nSPS) is 14.7. The average molecular weight is 425 g/mol. The molecular formula is C23H24FN3O4. The zero-order chi connectivity index (χ0) is 22.1. The lowest BCUT2D eigenvalue weighted by Gasteiger charge is -2.34. The van der Waals surface area contributed by atoms with Gasteiger partial charge in [-0.1, -0.05) is 0 Å². The number of ether oxygens (including phenoxy) is 1. The number of aromatic hydroxyl groups is 1. The van der Waals surface area contributed by atoms with Gasteiger partial charge in [0.1, 0.15) is 17.1 Å². The van der Waals surface area contributed by atoms with E-state index in [9.17, 15) is 14.7 Å². The van der Waals surface area contributed by atoms with E-state index >= 15 is 4.39 Å². The Morgan fingerprint density at radius 2 is 1.81 bits per heavy atom. The van der Waals surface area contributed by atoms with Crippen molar-refractivity contribution in [1.82, 2.24) is 9.47 Å². The molecule has 1 fully saturated rings. The molecule has 1 aliphatic heterocycles. The van der Waals surface area contributed by atoms with E-state index < -0.39 is 17.2 Å². The lowest BCUT2D eigenvalue weighted by atomic mass is 10.1. The third-order valence-electron chi connectivity index (χ3n) is 5.54. The summed E-state index contributed by atoms with van der Waals surface area (Å²) in [7, 11) is 2.02. The van der Waals surface area contributed by atoms with Gasteiger partial charge in [-0.05, 0) is 50.4 Å². The molecule has 0 saturated carbocycles. The van der Waals surface area contributed by atoms with E-state index in [0.717, 1.165) is 13.1 Å². The van der Waals surface area contributed by atoms with Crippen LogP contribution >= 0.6 is 0 Å². The molecule has 8 heteroatoms. The first kappa shape index (κ1) is 20.9. The molecule has 1 aromatic heterocycles. The zero-order valence-electron chi connectivity index (χ0n) is 17.5. The van der Waals surface area contributed by atoms with Crippen LogP contribution in [0.3, 0.4) is 0 Å². The summed E-state index contributed by atoms with van der Waals surface area (Å²) < 4.78 is 21.8. The molecular weight excluding hydrogens is 401 g/mol. The van der Waals surface area contributed by atoms with Crippen LogP contribution in [-0.2, 0) is 4.74 Å². The van der Waals surface area contributed by atoms with Gasteiger partial charge in [0.05, 0.1) is 17.8 Å². The monoisotopic (exact) mass is 425 g/mol. The van der Waals surface area contributed by atoms with Crippen molar-refractivity contribution >= 4 is 22.6 Å². The van der Waals surface area contributed by atoms with Crippen LogP contribution in [-0.4, -0.2) is 60.4 Å². The first-order valence-electron chi connectivity index (χ1n) is 10.2. The Bertz CT molecular complexity index is 1180. The van der Waals surface area contributed by atoms with Crippen molar-refractivity contribution < 1.29 is 19.0 Å². The van der Waals surface area contributed by atoms with Gasteiger partial charge in [-0.15, -0.1) is 0 Å². The number of carbonyl (C=O) groups excluding carboxylic acids is 1. The number of hydrogen-bond acceptors (Lipinski definition) is 6. The van der Waals surface area contributed by atoms with Crippen molar-refractivity contribution in [3.63, 3.8) is 0 Å². The van der Waals surface area contributed by atoms with Gasteiger partial charge in [-0.2, -0.15) is 0 Å². The van der Waals surface area contributed by atoms with Gasteiger partial charge in [0, 0.05) is 43.4 Å². The molecule has 2 heterocycles. The third-order valence-corrected chi connectivity index (χ3v) is 5.54. The topological polar surface area (TPSA) is 75.0 Å². The highest BCUT2D eigenvalue weighted by Crippen LogP contribution is 2.28. The van der Waals surface area contributed by atoms with E-state index in [0.29, 0.717) is 30.0 Å². The van der Waals surface area contributed by atoms with Crippen LogP contribution in [0.15, 0.2) is 47.4 Å². The van der Waals surface area contributed by atoms with Crippen LogP contribution in [0.2, 0.25) is 0 Å². The van der Waals surface area contributed by atoms with Gasteiger partial charge in [-0.3, -0.25) is 4.79 Å². The molecule has 162 valence electrons. The number of pyridine rings is 1. The lowest BCUT2D eigenvalue weighted by Crippen LogP contribution is -2.44. The number of fused-ring (bicyclic) bond motifs is 1. The predicted octanol–water partition coefficient (Wildman–Crippen LogP) is 2.76. The van der Waals surface area contributed by atoms with Gasteiger partial charge in [0.15, 0.2) is 0 Å². The van der Waals surface area contributed by atoms with Gasteiger partial charge in [0.2, 0.25) is 5.43 Å². The second-order valence-corrected chi connectivity index (χ2v) is 7.59. The number of nitrogens with zero attached hydrogens (tertiary/aromatic N) is 3.